The highest BCUT2D eigenvalue weighted by Gasteiger charge is 2.57. The summed E-state index contributed by atoms with van der Waals surface area (Å²) in [6.45, 7) is 11.6. The SMILES string of the molecule is CC(=O)[C@H](C(C)C)C(C)C(=O)N1CCN(C(=O)[C@@H]2CN2C(c2ccccc2)(c2ccccc2)c2ccccc2)[C@@H](C)C1. The van der Waals surface area contributed by atoms with E-state index >= 15 is 0 Å². The van der Waals surface area contributed by atoms with Crippen LogP contribution < -0.4 is 0 Å². The molecule has 3 aromatic rings. The quantitative estimate of drug-likeness (QED) is 0.264. The molecule has 6 heteroatoms. The van der Waals surface area contributed by atoms with Gasteiger partial charge in [-0.05, 0) is 36.5 Å². The molecular weight excluding hydrogens is 522 g/mol. The largest absolute Gasteiger partial charge is 0.339 e. The van der Waals surface area contributed by atoms with Gasteiger partial charge in [0.2, 0.25) is 11.8 Å². The van der Waals surface area contributed by atoms with Gasteiger partial charge in [0.15, 0.2) is 0 Å². The van der Waals surface area contributed by atoms with Gasteiger partial charge in [0.1, 0.15) is 11.8 Å². The summed E-state index contributed by atoms with van der Waals surface area (Å²) >= 11 is 0. The Hall–Kier alpha value is -3.77. The van der Waals surface area contributed by atoms with Crippen molar-refractivity contribution in [1.82, 2.24) is 14.7 Å². The van der Waals surface area contributed by atoms with Crippen LogP contribution in [0.3, 0.4) is 0 Å². The molecule has 0 N–H and O–H groups in total. The third-order valence-electron chi connectivity index (χ3n) is 9.24. The first kappa shape index (κ1) is 29.7. The van der Waals surface area contributed by atoms with Crippen molar-refractivity contribution in [3.63, 3.8) is 0 Å². The third kappa shape index (κ3) is 5.40. The Labute approximate surface area is 250 Å². The van der Waals surface area contributed by atoms with Gasteiger partial charge in [-0.3, -0.25) is 19.3 Å². The number of benzene rings is 3. The van der Waals surface area contributed by atoms with E-state index in [4.69, 9.17) is 0 Å². The van der Waals surface area contributed by atoms with E-state index in [0.717, 1.165) is 16.7 Å². The highest BCUT2D eigenvalue weighted by molar-refractivity contribution is 5.88. The van der Waals surface area contributed by atoms with Crippen LogP contribution in [0, 0.1) is 17.8 Å². The standard InChI is InChI=1S/C36H43N3O3/c1-25(2)33(28(5)40)27(4)34(41)37-21-22-38(26(3)23-37)35(42)32-24-39(32)36(29-15-9-6-10-16-29,30-17-11-7-12-18-30)31-19-13-8-14-20-31/h6-20,25-27,32-33H,21-24H2,1-5H3/t26-,27?,32-,33+,39?/m0/s1. The monoisotopic (exact) mass is 565 g/mol. The van der Waals surface area contributed by atoms with Crippen molar-refractivity contribution in [2.75, 3.05) is 26.2 Å². The van der Waals surface area contributed by atoms with Gasteiger partial charge in [-0.1, -0.05) is 112 Å². The molecule has 0 aliphatic carbocycles. The smallest absolute Gasteiger partial charge is 0.241 e. The van der Waals surface area contributed by atoms with E-state index in [1.807, 2.05) is 55.7 Å². The average molecular weight is 566 g/mol. The minimum Gasteiger partial charge on any atom is -0.339 e. The molecule has 0 bridgehead atoms. The van der Waals surface area contributed by atoms with Gasteiger partial charge in [-0.25, -0.2) is 0 Å². The Balaban J connectivity index is 1.39. The molecule has 2 saturated heterocycles. The van der Waals surface area contributed by atoms with E-state index in [-0.39, 0.29) is 47.4 Å². The van der Waals surface area contributed by atoms with E-state index < -0.39 is 5.54 Å². The fourth-order valence-corrected chi connectivity index (χ4v) is 7.27. The Bertz CT molecular complexity index is 1300. The van der Waals surface area contributed by atoms with E-state index in [2.05, 4.69) is 77.7 Å². The fourth-order valence-electron chi connectivity index (χ4n) is 7.27. The predicted molar refractivity (Wildman–Crippen MR) is 166 cm³/mol. The number of rotatable bonds is 9. The van der Waals surface area contributed by atoms with Gasteiger partial charge in [-0.15, -0.1) is 0 Å². The second-order valence-corrected chi connectivity index (χ2v) is 12.3. The van der Waals surface area contributed by atoms with Crippen LogP contribution in [0.5, 0.6) is 0 Å². The van der Waals surface area contributed by atoms with Crippen molar-refractivity contribution in [2.45, 2.75) is 52.2 Å². The molecular formula is C36H43N3O3. The first-order chi connectivity index (χ1) is 20.2. The number of hydrogen-bond donors (Lipinski definition) is 0. The molecule has 2 unspecified atom stereocenters. The predicted octanol–water partition coefficient (Wildman–Crippen LogP) is 5.22. The molecule has 0 aromatic heterocycles. The average Bonchev–Trinajstić information content (AvgIpc) is 3.79. The van der Waals surface area contributed by atoms with Crippen LogP contribution in [-0.2, 0) is 19.9 Å². The summed E-state index contributed by atoms with van der Waals surface area (Å²) in [6.07, 6.45) is 0. The molecule has 0 spiro atoms. The lowest BCUT2D eigenvalue weighted by Crippen LogP contribution is -2.58. The lowest BCUT2D eigenvalue weighted by Gasteiger charge is -2.42. The number of ketones is 1. The van der Waals surface area contributed by atoms with Gasteiger partial charge in [-0.2, -0.15) is 0 Å². The van der Waals surface area contributed by atoms with E-state index in [0.29, 0.717) is 26.2 Å². The Kier molecular flexibility index (Phi) is 8.65. The van der Waals surface area contributed by atoms with Gasteiger partial charge in [0.05, 0.1) is 5.54 Å². The number of amides is 2. The third-order valence-corrected chi connectivity index (χ3v) is 9.24. The maximum absolute atomic E-state index is 14.2. The van der Waals surface area contributed by atoms with Gasteiger partial charge in [0.25, 0.3) is 0 Å². The summed E-state index contributed by atoms with van der Waals surface area (Å²) in [7, 11) is 0. The molecule has 0 radical (unpaired) electrons. The Morgan fingerprint density at radius 2 is 1.21 bits per heavy atom. The number of Topliss-reactive ketones (excluding diaryl/α,β-unsaturated/α-hetero) is 1. The topological polar surface area (TPSA) is 60.7 Å². The Morgan fingerprint density at radius 3 is 1.62 bits per heavy atom. The summed E-state index contributed by atoms with van der Waals surface area (Å²) in [6, 6.07) is 31.0. The maximum Gasteiger partial charge on any atom is 0.241 e. The van der Waals surface area contributed by atoms with Gasteiger partial charge >= 0.3 is 0 Å². The molecule has 0 saturated carbocycles. The number of carbonyl (C=O) groups is 3. The molecule has 5 rings (SSSR count). The number of carbonyl (C=O) groups excluding carboxylic acids is 3. The highest BCUT2D eigenvalue weighted by Crippen LogP contribution is 2.48. The summed E-state index contributed by atoms with van der Waals surface area (Å²) in [5.41, 5.74) is 2.76. The zero-order valence-corrected chi connectivity index (χ0v) is 25.4. The first-order valence-corrected chi connectivity index (χ1v) is 15.2. The lowest BCUT2D eigenvalue weighted by atomic mass is 9.76. The molecule has 2 amide bonds. The van der Waals surface area contributed by atoms with E-state index in [1.165, 1.54) is 0 Å². The second kappa shape index (κ2) is 12.2. The van der Waals surface area contributed by atoms with E-state index in [9.17, 15) is 14.4 Å². The van der Waals surface area contributed by atoms with Crippen molar-refractivity contribution < 1.29 is 14.4 Å². The first-order valence-electron chi connectivity index (χ1n) is 15.2. The number of nitrogens with zero attached hydrogens (tertiary/aromatic N) is 3. The molecule has 2 aliphatic rings. The highest BCUT2D eigenvalue weighted by atomic mass is 16.2. The number of hydrogen-bond acceptors (Lipinski definition) is 4. The summed E-state index contributed by atoms with van der Waals surface area (Å²) in [5.74, 6) is -0.401. The molecule has 220 valence electrons. The molecule has 6 nitrogen and oxygen atoms in total. The summed E-state index contributed by atoms with van der Waals surface area (Å²) < 4.78 is 0. The molecule has 5 atom stereocenters. The van der Waals surface area contributed by atoms with Crippen molar-refractivity contribution in [3.8, 4) is 0 Å². The minimum absolute atomic E-state index is 0.00662. The van der Waals surface area contributed by atoms with Crippen LogP contribution in [0.15, 0.2) is 91.0 Å². The lowest BCUT2D eigenvalue weighted by molar-refractivity contribution is -0.147. The fraction of sp³-hybridized carbons (Fsp3) is 0.417. The normalized spacial score (nSPS) is 22.0. The van der Waals surface area contributed by atoms with Crippen LogP contribution >= 0.6 is 0 Å². The number of piperazine rings is 1. The zero-order chi connectivity index (χ0) is 30.0. The zero-order valence-electron chi connectivity index (χ0n) is 25.4. The summed E-state index contributed by atoms with van der Waals surface area (Å²) in [5, 5.41) is 0. The van der Waals surface area contributed by atoms with Crippen molar-refractivity contribution in [2.24, 2.45) is 17.8 Å². The van der Waals surface area contributed by atoms with Crippen LogP contribution in [0.2, 0.25) is 0 Å². The Morgan fingerprint density at radius 1 is 0.738 bits per heavy atom. The van der Waals surface area contributed by atoms with E-state index in [1.54, 1.807) is 6.92 Å². The summed E-state index contributed by atoms with van der Waals surface area (Å²) in [4.78, 5) is 46.0. The van der Waals surface area contributed by atoms with Crippen LogP contribution in [0.25, 0.3) is 0 Å². The van der Waals surface area contributed by atoms with Gasteiger partial charge < -0.3 is 9.80 Å². The maximum atomic E-state index is 14.2. The molecule has 2 aliphatic heterocycles. The van der Waals surface area contributed by atoms with Crippen molar-refractivity contribution in [1.29, 1.82) is 0 Å². The van der Waals surface area contributed by atoms with Crippen LogP contribution in [0.1, 0.15) is 51.3 Å². The molecule has 2 fully saturated rings. The molecule has 2 heterocycles. The minimum atomic E-state index is -0.612. The van der Waals surface area contributed by atoms with Crippen LogP contribution in [0.4, 0.5) is 0 Å². The second-order valence-electron chi connectivity index (χ2n) is 12.3. The molecule has 42 heavy (non-hydrogen) atoms. The van der Waals surface area contributed by atoms with Crippen molar-refractivity contribution in [3.05, 3.63) is 108 Å². The van der Waals surface area contributed by atoms with Gasteiger partial charge in [0, 0.05) is 44.1 Å². The van der Waals surface area contributed by atoms with Crippen LogP contribution in [-0.4, -0.2) is 70.6 Å². The van der Waals surface area contributed by atoms with Crippen molar-refractivity contribution >= 4 is 17.6 Å². The molecule has 3 aromatic carbocycles.